The highest BCUT2D eigenvalue weighted by atomic mass is 16.2. The van der Waals surface area contributed by atoms with Crippen LogP contribution in [0.25, 0.3) is 0 Å². The molecule has 3 heterocycles. The lowest BCUT2D eigenvalue weighted by Gasteiger charge is -2.32. The lowest BCUT2D eigenvalue weighted by Crippen LogP contribution is -2.39. The molecule has 1 aliphatic heterocycles. The van der Waals surface area contributed by atoms with Crippen molar-refractivity contribution in [2.24, 2.45) is 5.73 Å². The van der Waals surface area contributed by atoms with Crippen molar-refractivity contribution in [2.75, 3.05) is 23.7 Å². The molecule has 2 fully saturated rings. The number of carbonyl (C=O) groups excluding carboxylic acids is 2. The van der Waals surface area contributed by atoms with E-state index in [4.69, 9.17) is 5.73 Å². The van der Waals surface area contributed by atoms with Gasteiger partial charge in [-0.15, -0.1) is 0 Å². The molecule has 4 N–H and O–H groups in total. The zero-order valence-electron chi connectivity index (χ0n) is 17.5. The number of hydrogen-bond acceptors (Lipinski definition) is 7. The molecule has 164 valence electrons. The van der Waals surface area contributed by atoms with Crippen LogP contribution in [-0.2, 0) is 4.79 Å². The summed E-state index contributed by atoms with van der Waals surface area (Å²) in [6.45, 7) is 4.91. The smallest absolute Gasteiger partial charge is 0.254 e. The number of primary amides is 1. The Hall–Kier alpha value is -3.43. The zero-order chi connectivity index (χ0) is 21.8. The van der Waals surface area contributed by atoms with Crippen LogP contribution >= 0.6 is 0 Å². The van der Waals surface area contributed by atoms with Gasteiger partial charge in [-0.25, -0.2) is 4.98 Å². The highest BCUT2D eigenvalue weighted by molar-refractivity contribution is 5.97. The minimum Gasteiger partial charge on any atom is -0.367 e. The lowest BCUT2D eigenvalue weighted by molar-refractivity contribution is -0.127. The average Bonchev–Trinajstić information content (AvgIpc) is 3.45. The highest BCUT2D eigenvalue weighted by Crippen LogP contribution is 2.26. The van der Waals surface area contributed by atoms with Crippen molar-refractivity contribution in [1.29, 1.82) is 0 Å². The van der Waals surface area contributed by atoms with Gasteiger partial charge >= 0.3 is 0 Å². The summed E-state index contributed by atoms with van der Waals surface area (Å²) >= 11 is 0. The molecule has 2 aliphatic rings. The van der Waals surface area contributed by atoms with Crippen LogP contribution < -0.4 is 16.4 Å². The van der Waals surface area contributed by atoms with Gasteiger partial charge in [0.05, 0.1) is 23.5 Å². The molecule has 1 atom stereocenters. The predicted molar refractivity (Wildman–Crippen MR) is 117 cm³/mol. The zero-order valence-corrected chi connectivity index (χ0v) is 17.5. The van der Waals surface area contributed by atoms with Gasteiger partial charge in [-0.2, -0.15) is 10.1 Å². The van der Waals surface area contributed by atoms with Gasteiger partial charge in [0.2, 0.25) is 11.9 Å². The number of rotatable bonds is 7. The van der Waals surface area contributed by atoms with Crippen LogP contribution in [0, 0.1) is 0 Å². The van der Waals surface area contributed by atoms with Crippen molar-refractivity contribution in [1.82, 2.24) is 24.6 Å². The van der Waals surface area contributed by atoms with Gasteiger partial charge in [0.25, 0.3) is 5.91 Å². The molecule has 1 saturated carbocycles. The van der Waals surface area contributed by atoms with Gasteiger partial charge in [0.15, 0.2) is 0 Å². The van der Waals surface area contributed by atoms with E-state index >= 15 is 0 Å². The Morgan fingerprint density at radius 1 is 1.19 bits per heavy atom. The van der Waals surface area contributed by atoms with Gasteiger partial charge < -0.3 is 21.3 Å². The maximum atomic E-state index is 11.9. The van der Waals surface area contributed by atoms with Crippen LogP contribution in [0.3, 0.4) is 0 Å². The van der Waals surface area contributed by atoms with Crippen molar-refractivity contribution in [3.63, 3.8) is 0 Å². The van der Waals surface area contributed by atoms with Crippen LogP contribution in [0.4, 0.5) is 17.5 Å². The van der Waals surface area contributed by atoms with Crippen molar-refractivity contribution in [3.8, 4) is 0 Å². The molecule has 0 spiro atoms. The first-order valence-electron chi connectivity index (χ1n) is 10.7. The normalized spacial score (nSPS) is 19.2. The molecule has 1 saturated heterocycles. The van der Waals surface area contributed by atoms with Crippen molar-refractivity contribution in [2.45, 2.75) is 50.6 Å². The second-order valence-electron chi connectivity index (χ2n) is 8.06. The largest absolute Gasteiger partial charge is 0.367 e. The third-order valence-electron chi connectivity index (χ3n) is 5.86. The Balaban J connectivity index is 1.47. The van der Waals surface area contributed by atoms with E-state index in [0.29, 0.717) is 18.3 Å². The van der Waals surface area contributed by atoms with Crippen LogP contribution in [0.1, 0.15) is 54.9 Å². The summed E-state index contributed by atoms with van der Waals surface area (Å²) in [6, 6.07) is 0.391. The number of piperidine rings is 1. The SMILES string of the molecule is C=CC(=O)N1CCC[C@H](n2cc(Nc3ncc(C(N)=O)c(NC4CCCC4)n3)cn2)C1. The Labute approximate surface area is 180 Å². The van der Waals surface area contributed by atoms with Crippen molar-refractivity contribution < 1.29 is 9.59 Å². The van der Waals surface area contributed by atoms with Gasteiger partial charge in [0, 0.05) is 31.5 Å². The number of aromatic nitrogens is 4. The molecular formula is C21H28N8O2. The number of nitrogens with one attached hydrogen (secondary N) is 2. The van der Waals surface area contributed by atoms with Crippen molar-refractivity contribution >= 4 is 29.3 Å². The molecular weight excluding hydrogens is 396 g/mol. The molecule has 0 radical (unpaired) electrons. The molecule has 1 aliphatic carbocycles. The van der Waals surface area contributed by atoms with Gasteiger partial charge in [-0.1, -0.05) is 19.4 Å². The minimum absolute atomic E-state index is 0.0552. The number of amides is 2. The molecule has 0 bridgehead atoms. The summed E-state index contributed by atoms with van der Waals surface area (Å²) in [4.78, 5) is 34.2. The van der Waals surface area contributed by atoms with Crippen LogP contribution in [0.15, 0.2) is 31.2 Å². The second-order valence-corrected chi connectivity index (χ2v) is 8.06. The van der Waals surface area contributed by atoms with E-state index < -0.39 is 5.91 Å². The maximum absolute atomic E-state index is 11.9. The number of nitrogens with two attached hydrogens (primary N) is 1. The number of anilines is 3. The van der Waals surface area contributed by atoms with Crippen molar-refractivity contribution in [3.05, 3.63) is 36.8 Å². The molecule has 4 rings (SSSR count). The van der Waals surface area contributed by atoms with Crippen LogP contribution in [0.5, 0.6) is 0 Å². The Morgan fingerprint density at radius 3 is 2.74 bits per heavy atom. The first kappa shape index (κ1) is 20.8. The first-order valence-corrected chi connectivity index (χ1v) is 10.7. The molecule has 10 heteroatoms. The molecule has 2 aromatic rings. The predicted octanol–water partition coefficient (Wildman–Crippen LogP) is 2.22. The quantitative estimate of drug-likeness (QED) is 0.581. The lowest BCUT2D eigenvalue weighted by atomic mass is 10.1. The summed E-state index contributed by atoms with van der Waals surface area (Å²) in [5.41, 5.74) is 6.50. The molecule has 2 aromatic heterocycles. The Bertz CT molecular complexity index is 966. The third kappa shape index (κ3) is 4.84. The number of likely N-dealkylation sites (tertiary alicyclic amines) is 1. The van der Waals surface area contributed by atoms with Gasteiger partial charge in [0.1, 0.15) is 5.82 Å². The monoisotopic (exact) mass is 424 g/mol. The summed E-state index contributed by atoms with van der Waals surface area (Å²) in [7, 11) is 0. The van der Waals surface area contributed by atoms with E-state index in [0.717, 1.165) is 50.8 Å². The summed E-state index contributed by atoms with van der Waals surface area (Å²) < 4.78 is 1.86. The van der Waals surface area contributed by atoms with Crippen LogP contribution in [-0.4, -0.2) is 55.6 Å². The number of nitrogens with zero attached hydrogens (tertiary/aromatic N) is 5. The van der Waals surface area contributed by atoms with E-state index in [1.54, 1.807) is 11.1 Å². The van der Waals surface area contributed by atoms with Gasteiger partial charge in [-0.05, 0) is 31.8 Å². The minimum atomic E-state index is -0.559. The highest BCUT2D eigenvalue weighted by Gasteiger charge is 2.24. The third-order valence-corrected chi connectivity index (χ3v) is 5.86. The molecule has 31 heavy (non-hydrogen) atoms. The molecule has 0 unspecified atom stereocenters. The summed E-state index contributed by atoms with van der Waals surface area (Å²) in [5.74, 6) is 0.198. The number of carbonyl (C=O) groups is 2. The fourth-order valence-electron chi connectivity index (χ4n) is 4.23. The Kier molecular flexibility index (Phi) is 6.15. The van der Waals surface area contributed by atoms with E-state index in [1.165, 1.54) is 12.3 Å². The summed E-state index contributed by atoms with van der Waals surface area (Å²) in [5, 5.41) is 10.9. The van der Waals surface area contributed by atoms with E-state index in [1.807, 2.05) is 10.9 Å². The standard InChI is InChI=1S/C21H28N8O2/c1-2-18(30)28-9-5-8-16(13-28)29-12-15(10-24-29)26-21-23-11-17(19(22)31)20(27-21)25-14-6-3-4-7-14/h2,10-12,14,16H,1,3-9,13H2,(H2,22,31)(H2,23,25,26,27)/t16-/m0/s1. The molecule has 10 nitrogen and oxygen atoms in total. The molecule has 0 aromatic carbocycles. The van der Waals surface area contributed by atoms with E-state index in [2.05, 4.69) is 32.3 Å². The second kappa shape index (κ2) is 9.15. The van der Waals surface area contributed by atoms with E-state index in [9.17, 15) is 9.59 Å². The topological polar surface area (TPSA) is 131 Å². The van der Waals surface area contributed by atoms with E-state index in [-0.39, 0.29) is 23.6 Å². The molecule has 2 amide bonds. The Morgan fingerprint density at radius 2 is 2.00 bits per heavy atom. The fourth-order valence-corrected chi connectivity index (χ4v) is 4.23. The fraction of sp³-hybridized carbons (Fsp3) is 0.476. The van der Waals surface area contributed by atoms with Gasteiger partial charge in [-0.3, -0.25) is 14.3 Å². The first-order chi connectivity index (χ1) is 15.0. The summed E-state index contributed by atoms with van der Waals surface area (Å²) in [6.07, 6.45) is 12.6. The van der Waals surface area contributed by atoms with Crippen LogP contribution in [0.2, 0.25) is 0 Å². The average molecular weight is 425 g/mol. The maximum Gasteiger partial charge on any atom is 0.254 e. The number of hydrogen-bond donors (Lipinski definition) is 3.